The molecule has 20 heavy (non-hydrogen) atoms. The fourth-order valence-corrected chi connectivity index (χ4v) is 2.51. The second-order valence-corrected chi connectivity index (χ2v) is 4.97. The van der Waals surface area contributed by atoms with Gasteiger partial charge >= 0.3 is 5.97 Å². The van der Waals surface area contributed by atoms with E-state index in [0.717, 1.165) is 44.6 Å². The molecule has 1 fully saturated rings. The van der Waals surface area contributed by atoms with Crippen molar-refractivity contribution in [1.29, 1.82) is 0 Å². The summed E-state index contributed by atoms with van der Waals surface area (Å²) >= 11 is 0. The maximum atomic E-state index is 11.3. The van der Waals surface area contributed by atoms with Crippen LogP contribution in [0.25, 0.3) is 0 Å². The third-order valence-corrected chi connectivity index (χ3v) is 3.78. The van der Waals surface area contributed by atoms with Gasteiger partial charge in [0.25, 0.3) is 5.69 Å². The summed E-state index contributed by atoms with van der Waals surface area (Å²) in [5.74, 6) is -0.191. The van der Waals surface area contributed by atoms with E-state index in [1.807, 2.05) is 4.90 Å². The maximum Gasteiger partial charge on any atom is 0.339 e. The summed E-state index contributed by atoms with van der Waals surface area (Å²) in [5.41, 5.74) is -0.399. The standard InChI is InChI=1S/C13H17N3O4/c1-2-9-3-5-15(6-4-9)12-11(13(17)18)7-10(8-14-12)16(19)20/h7-9H,2-6H2,1H3,(H,17,18). The SMILES string of the molecule is CCC1CCN(c2ncc([N+](=O)[O-])cc2C(=O)O)CC1. The first-order valence-corrected chi connectivity index (χ1v) is 6.65. The van der Waals surface area contributed by atoms with Crippen LogP contribution >= 0.6 is 0 Å². The Bertz CT molecular complexity index is 524. The molecular weight excluding hydrogens is 262 g/mol. The number of carbonyl (C=O) groups is 1. The number of nitro groups is 1. The van der Waals surface area contributed by atoms with Crippen LogP contribution in [0.4, 0.5) is 11.5 Å². The Kier molecular flexibility index (Phi) is 4.16. The van der Waals surface area contributed by atoms with Crippen LogP contribution in [0.1, 0.15) is 36.5 Å². The molecule has 0 saturated carbocycles. The average molecular weight is 279 g/mol. The lowest BCUT2D eigenvalue weighted by atomic mass is 9.94. The van der Waals surface area contributed by atoms with Gasteiger partial charge in [0.05, 0.1) is 4.92 Å². The number of hydrogen-bond donors (Lipinski definition) is 1. The van der Waals surface area contributed by atoms with Gasteiger partial charge in [-0.3, -0.25) is 10.1 Å². The molecule has 1 aromatic rings. The van der Waals surface area contributed by atoms with E-state index in [9.17, 15) is 20.0 Å². The van der Waals surface area contributed by atoms with Crippen molar-refractivity contribution < 1.29 is 14.8 Å². The van der Waals surface area contributed by atoms with E-state index in [2.05, 4.69) is 11.9 Å². The van der Waals surface area contributed by atoms with Gasteiger partial charge in [-0.15, -0.1) is 0 Å². The van der Waals surface area contributed by atoms with Crippen molar-refractivity contribution in [1.82, 2.24) is 4.98 Å². The molecule has 0 bridgehead atoms. The Balaban J connectivity index is 2.27. The van der Waals surface area contributed by atoms with Gasteiger partial charge in [-0.05, 0) is 18.8 Å². The molecule has 0 spiro atoms. The van der Waals surface area contributed by atoms with E-state index in [0.29, 0.717) is 11.7 Å². The number of hydrogen-bond acceptors (Lipinski definition) is 5. The predicted molar refractivity (Wildman–Crippen MR) is 73.1 cm³/mol. The normalized spacial score (nSPS) is 16.1. The summed E-state index contributed by atoms with van der Waals surface area (Å²) in [7, 11) is 0. The van der Waals surface area contributed by atoms with Crippen molar-refractivity contribution in [2.45, 2.75) is 26.2 Å². The molecule has 1 aromatic heterocycles. The molecule has 0 aliphatic carbocycles. The first-order valence-electron chi connectivity index (χ1n) is 6.65. The van der Waals surface area contributed by atoms with Gasteiger partial charge in [0.1, 0.15) is 17.6 Å². The first kappa shape index (κ1) is 14.2. The van der Waals surface area contributed by atoms with Gasteiger partial charge in [0.2, 0.25) is 0 Å². The topological polar surface area (TPSA) is 96.6 Å². The molecule has 2 heterocycles. The molecule has 0 atom stereocenters. The number of carboxylic acids is 1. The minimum Gasteiger partial charge on any atom is -0.478 e. The minimum absolute atomic E-state index is 0.103. The van der Waals surface area contributed by atoms with Gasteiger partial charge in [-0.25, -0.2) is 9.78 Å². The van der Waals surface area contributed by atoms with Crippen molar-refractivity contribution in [2.24, 2.45) is 5.92 Å². The van der Waals surface area contributed by atoms with Crippen molar-refractivity contribution in [3.05, 3.63) is 27.9 Å². The summed E-state index contributed by atoms with van der Waals surface area (Å²) < 4.78 is 0. The Morgan fingerprint density at radius 3 is 2.70 bits per heavy atom. The van der Waals surface area contributed by atoms with Gasteiger partial charge < -0.3 is 10.0 Å². The molecule has 0 radical (unpaired) electrons. The lowest BCUT2D eigenvalue weighted by Gasteiger charge is -2.32. The quantitative estimate of drug-likeness (QED) is 0.671. The molecule has 0 aromatic carbocycles. The van der Waals surface area contributed by atoms with Gasteiger partial charge in [0, 0.05) is 19.2 Å². The van der Waals surface area contributed by atoms with E-state index in [1.54, 1.807) is 0 Å². The Morgan fingerprint density at radius 1 is 1.55 bits per heavy atom. The number of aromatic carboxylic acids is 1. The average Bonchev–Trinajstić information content (AvgIpc) is 2.46. The van der Waals surface area contributed by atoms with Crippen molar-refractivity contribution in [3.8, 4) is 0 Å². The number of carboxylic acid groups (broad SMARTS) is 1. The number of aromatic nitrogens is 1. The van der Waals surface area contributed by atoms with Crippen LogP contribution in [0.3, 0.4) is 0 Å². The molecular formula is C13H17N3O4. The third kappa shape index (κ3) is 2.87. The largest absolute Gasteiger partial charge is 0.478 e. The second-order valence-electron chi connectivity index (χ2n) is 4.97. The lowest BCUT2D eigenvalue weighted by molar-refractivity contribution is -0.385. The molecule has 7 nitrogen and oxygen atoms in total. The summed E-state index contributed by atoms with van der Waals surface area (Å²) in [6.07, 6.45) is 4.23. The smallest absolute Gasteiger partial charge is 0.339 e. The van der Waals surface area contributed by atoms with Crippen molar-refractivity contribution >= 4 is 17.5 Å². The number of piperidine rings is 1. The highest BCUT2D eigenvalue weighted by Crippen LogP contribution is 2.28. The van der Waals surface area contributed by atoms with E-state index in [4.69, 9.17) is 0 Å². The fourth-order valence-electron chi connectivity index (χ4n) is 2.51. The first-order chi connectivity index (χ1) is 9.52. The zero-order chi connectivity index (χ0) is 14.7. The van der Waals surface area contributed by atoms with Crippen molar-refractivity contribution in [3.63, 3.8) is 0 Å². The highest BCUT2D eigenvalue weighted by molar-refractivity contribution is 5.94. The summed E-state index contributed by atoms with van der Waals surface area (Å²) in [6, 6.07) is 1.08. The zero-order valence-electron chi connectivity index (χ0n) is 11.3. The van der Waals surface area contributed by atoms with Crippen LogP contribution in [-0.4, -0.2) is 34.1 Å². The van der Waals surface area contributed by atoms with Crippen LogP contribution < -0.4 is 4.90 Å². The molecule has 7 heteroatoms. The Hall–Kier alpha value is -2.18. The zero-order valence-corrected chi connectivity index (χ0v) is 11.3. The summed E-state index contributed by atoms with van der Waals surface area (Å²) in [6.45, 7) is 3.63. The summed E-state index contributed by atoms with van der Waals surface area (Å²) in [4.78, 5) is 27.2. The Morgan fingerprint density at radius 2 is 2.20 bits per heavy atom. The summed E-state index contributed by atoms with van der Waals surface area (Å²) in [5, 5.41) is 19.9. The molecule has 1 N–H and O–H groups in total. The highest BCUT2D eigenvalue weighted by Gasteiger charge is 2.25. The predicted octanol–water partition coefficient (Wildman–Crippen LogP) is 2.31. The van der Waals surface area contributed by atoms with Crippen molar-refractivity contribution in [2.75, 3.05) is 18.0 Å². The second kappa shape index (κ2) is 5.85. The minimum atomic E-state index is -1.19. The molecule has 0 amide bonds. The molecule has 108 valence electrons. The van der Waals surface area contributed by atoms with E-state index in [-0.39, 0.29) is 11.3 Å². The van der Waals surface area contributed by atoms with Crippen LogP contribution in [0, 0.1) is 16.0 Å². The van der Waals surface area contributed by atoms with Crippen LogP contribution in [0.15, 0.2) is 12.3 Å². The van der Waals surface area contributed by atoms with Crippen LogP contribution in [0.2, 0.25) is 0 Å². The van der Waals surface area contributed by atoms with E-state index in [1.165, 1.54) is 0 Å². The molecule has 1 aliphatic heterocycles. The Labute approximate surface area is 116 Å². The molecule has 2 rings (SSSR count). The fraction of sp³-hybridized carbons (Fsp3) is 0.538. The lowest BCUT2D eigenvalue weighted by Crippen LogP contribution is -2.35. The van der Waals surface area contributed by atoms with Gasteiger partial charge in [-0.2, -0.15) is 0 Å². The number of pyridine rings is 1. The number of rotatable bonds is 4. The molecule has 1 saturated heterocycles. The monoisotopic (exact) mass is 279 g/mol. The van der Waals surface area contributed by atoms with Crippen LogP contribution in [-0.2, 0) is 0 Å². The highest BCUT2D eigenvalue weighted by atomic mass is 16.6. The molecule has 1 aliphatic rings. The van der Waals surface area contributed by atoms with Gasteiger partial charge in [0.15, 0.2) is 0 Å². The number of nitrogens with zero attached hydrogens (tertiary/aromatic N) is 3. The maximum absolute atomic E-state index is 11.3. The molecule has 0 unspecified atom stereocenters. The van der Waals surface area contributed by atoms with E-state index < -0.39 is 10.9 Å². The van der Waals surface area contributed by atoms with E-state index >= 15 is 0 Å². The van der Waals surface area contributed by atoms with Gasteiger partial charge in [-0.1, -0.05) is 13.3 Å². The third-order valence-electron chi connectivity index (χ3n) is 3.78. The number of anilines is 1. The van der Waals surface area contributed by atoms with Crippen LogP contribution in [0.5, 0.6) is 0 Å².